The Kier molecular flexibility index (Phi) is 4.62. The van der Waals surface area contributed by atoms with E-state index in [4.69, 9.17) is 0 Å². The van der Waals surface area contributed by atoms with Crippen LogP contribution in [0.2, 0.25) is 0 Å². The number of hydrogen-bond acceptors (Lipinski definition) is 5. The summed E-state index contributed by atoms with van der Waals surface area (Å²) in [7, 11) is 0. The van der Waals surface area contributed by atoms with Crippen molar-refractivity contribution in [3.8, 4) is 0 Å². The molecule has 1 unspecified atom stereocenters. The number of alkyl halides is 3. The van der Waals surface area contributed by atoms with Gasteiger partial charge in [-0.25, -0.2) is 9.97 Å². The van der Waals surface area contributed by atoms with Crippen molar-refractivity contribution in [1.82, 2.24) is 14.9 Å². The van der Waals surface area contributed by atoms with Gasteiger partial charge in [0.2, 0.25) is 11.7 Å². The summed E-state index contributed by atoms with van der Waals surface area (Å²) < 4.78 is 38.1. The fourth-order valence-corrected chi connectivity index (χ4v) is 3.25. The third kappa shape index (κ3) is 3.77. The van der Waals surface area contributed by atoms with E-state index in [1.165, 1.54) is 6.07 Å². The topological polar surface area (TPSA) is 69.6 Å². The maximum absolute atomic E-state index is 12.7. The van der Waals surface area contributed by atoms with Crippen LogP contribution in [0.3, 0.4) is 0 Å². The van der Waals surface area contributed by atoms with Crippen LogP contribution < -0.4 is 4.90 Å². The minimum absolute atomic E-state index is 0.0319. The number of likely N-dealkylation sites (tertiary alicyclic amines) is 1. The third-order valence-corrected chi connectivity index (χ3v) is 4.51. The van der Waals surface area contributed by atoms with E-state index < -0.39 is 18.1 Å². The molecule has 24 heavy (non-hydrogen) atoms. The van der Waals surface area contributed by atoms with Crippen molar-refractivity contribution in [2.24, 2.45) is 5.92 Å². The fourth-order valence-electron chi connectivity index (χ4n) is 3.25. The van der Waals surface area contributed by atoms with Crippen LogP contribution in [-0.2, 0) is 11.0 Å². The van der Waals surface area contributed by atoms with Gasteiger partial charge in [0.15, 0.2) is 0 Å². The first-order valence-corrected chi connectivity index (χ1v) is 7.94. The first-order valence-electron chi connectivity index (χ1n) is 7.94. The average molecular weight is 344 g/mol. The Labute approximate surface area is 137 Å². The van der Waals surface area contributed by atoms with Gasteiger partial charge in [0.1, 0.15) is 5.82 Å². The maximum Gasteiger partial charge on any atom is 0.451 e. The monoisotopic (exact) mass is 344 g/mol. The summed E-state index contributed by atoms with van der Waals surface area (Å²) in [5.41, 5.74) is 0. The zero-order valence-corrected chi connectivity index (χ0v) is 13.0. The summed E-state index contributed by atoms with van der Waals surface area (Å²) >= 11 is 0. The van der Waals surface area contributed by atoms with Gasteiger partial charge in [-0.05, 0) is 24.8 Å². The number of halogens is 3. The first kappa shape index (κ1) is 16.9. The SMILES string of the molecule is O=C1CC(O)CN1CC1CCN(c2ccnc(C(F)(F)F)n2)CC1. The van der Waals surface area contributed by atoms with Crippen LogP contribution in [0, 0.1) is 5.92 Å². The number of aromatic nitrogens is 2. The highest BCUT2D eigenvalue weighted by atomic mass is 19.4. The van der Waals surface area contributed by atoms with Crippen LogP contribution >= 0.6 is 0 Å². The number of hydrogen-bond donors (Lipinski definition) is 1. The number of aliphatic hydroxyl groups excluding tert-OH is 1. The van der Waals surface area contributed by atoms with Gasteiger partial charge >= 0.3 is 6.18 Å². The molecule has 2 aliphatic rings. The van der Waals surface area contributed by atoms with Gasteiger partial charge < -0.3 is 14.9 Å². The highest BCUT2D eigenvalue weighted by Crippen LogP contribution is 2.29. The number of rotatable bonds is 3. The molecule has 2 aliphatic heterocycles. The third-order valence-electron chi connectivity index (χ3n) is 4.51. The zero-order valence-electron chi connectivity index (χ0n) is 13.0. The minimum atomic E-state index is -4.55. The Morgan fingerprint density at radius 2 is 2.00 bits per heavy atom. The average Bonchev–Trinajstić information content (AvgIpc) is 2.85. The number of nitrogens with zero attached hydrogens (tertiary/aromatic N) is 4. The molecule has 2 fully saturated rings. The molecule has 1 atom stereocenters. The molecule has 1 N–H and O–H groups in total. The highest BCUT2D eigenvalue weighted by Gasteiger charge is 2.35. The van der Waals surface area contributed by atoms with Crippen LogP contribution in [0.15, 0.2) is 12.3 Å². The molecule has 0 bridgehead atoms. The number of carbonyl (C=O) groups is 1. The molecular formula is C15H19F3N4O2. The molecule has 0 radical (unpaired) electrons. The lowest BCUT2D eigenvalue weighted by molar-refractivity contribution is -0.144. The van der Waals surface area contributed by atoms with Crippen LogP contribution in [-0.4, -0.2) is 58.2 Å². The van der Waals surface area contributed by atoms with E-state index in [2.05, 4.69) is 9.97 Å². The molecule has 2 saturated heterocycles. The van der Waals surface area contributed by atoms with Crippen LogP contribution in [0.25, 0.3) is 0 Å². The van der Waals surface area contributed by atoms with Gasteiger partial charge in [-0.1, -0.05) is 0 Å². The molecule has 1 aromatic heterocycles. The van der Waals surface area contributed by atoms with Gasteiger partial charge in [0.25, 0.3) is 0 Å². The number of carbonyl (C=O) groups excluding carboxylic acids is 1. The Hall–Kier alpha value is -1.90. The largest absolute Gasteiger partial charge is 0.451 e. The Balaban J connectivity index is 1.56. The quantitative estimate of drug-likeness (QED) is 0.895. The maximum atomic E-state index is 12.7. The molecule has 6 nitrogen and oxygen atoms in total. The number of anilines is 1. The summed E-state index contributed by atoms with van der Waals surface area (Å²) in [6.07, 6.45) is -2.29. The minimum Gasteiger partial charge on any atom is -0.391 e. The molecule has 3 rings (SSSR count). The Bertz CT molecular complexity index is 603. The van der Waals surface area contributed by atoms with Gasteiger partial charge in [-0.15, -0.1) is 0 Å². The fraction of sp³-hybridized carbons (Fsp3) is 0.667. The van der Waals surface area contributed by atoms with E-state index >= 15 is 0 Å². The van der Waals surface area contributed by atoms with Gasteiger partial charge in [0.05, 0.1) is 12.5 Å². The van der Waals surface area contributed by atoms with E-state index in [0.29, 0.717) is 32.1 Å². The Morgan fingerprint density at radius 3 is 2.58 bits per heavy atom. The highest BCUT2D eigenvalue weighted by molar-refractivity contribution is 5.79. The second-order valence-electron chi connectivity index (χ2n) is 6.32. The smallest absolute Gasteiger partial charge is 0.391 e. The molecule has 0 saturated carbocycles. The summed E-state index contributed by atoms with van der Waals surface area (Å²) in [5, 5.41) is 9.51. The van der Waals surface area contributed by atoms with E-state index in [1.54, 1.807) is 4.90 Å². The lowest BCUT2D eigenvalue weighted by Crippen LogP contribution is -2.40. The van der Waals surface area contributed by atoms with E-state index in [1.807, 2.05) is 4.90 Å². The second-order valence-corrected chi connectivity index (χ2v) is 6.32. The van der Waals surface area contributed by atoms with Crippen LogP contribution in [0.4, 0.5) is 19.0 Å². The molecule has 9 heteroatoms. The van der Waals surface area contributed by atoms with E-state index in [9.17, 15) is 23.1 Å². The predicted octanol–water partition coefficient (Wildman–Crippen LogP) is 1.30. The standard InChI is InChI=1S/C15H19F3N4O2/c16-15(17,18)14-19-4-1-12(20-14)21-5-2-10(3-6-21)8-22-9-11(23)7-13(22)24/h1,4,10-11,23H,2-3,5-9H2. The molecule has 0 aromatic carbocycles. The molecule has 132 valence electrons. The number of piperidine rings is 1. The van der Waals surface area contributed by atoms with Crippen molar-refractivity contribution in [3.63, 3.8) is 0 Å². The van der Waals surface area contributed by atoms with Crippen molar-refractivity contribution in [3.05, 3.63) is 18.1 Å². The summed E-state index contributed by atoms with van der Waals surface area (Å²) in [5.74, 6) is -0.586. The molecule has 1 amide bonds. The molecule has 0 spiro atoms. The second kappa shape index (κ2) is 6.54. The van der Waals surface area contributed by atoms with Crippen LogP contribution in [0.1, 0.15) is 25.1 Å². The lowest BCUT2D eigenvalue weighted by Gasteiger charge is -2.34. The van der Waals surface area contributed by atoms with Gasteiger partial charge in [-0.2, -0.15) is 13.2 Å². The summed E-state index contributed by atoms with van der Waals surface area (Å²) in [6.45, 7) is 2.15. The Morgan fingerprint density at radius 1 is 1.29 bits per heavy atom. The molecule has 0 aliphatic carbocycles. The number of aliphatic hydroxyl groups is 1. The molecule has 1 aromatic rings. The lowest BCUT2D eigenvalue weighted by atomic mass is 9.96. The molecule has 3 heterocycles. The molecular weight excluding hydrogens is 325 g/mol. The van der Waals surface area contributed by atoms with Crippen molar-refractivity contribution < 1.29 is 23.1 Å². The van der Waals surface area contributed by atoms with E-state index in [-0.39, 0.29) is 18.1 Å². The van der Waals surface area contributed by atoms with Crippen molar-refractivity contribution in [1.29, 1.82) is 0 Å². The van der Waals surface area contributed by atoms with Gasteiger partial charge in [-0.3, -0.25) is 4.79 Å². The van der Waals surface area contributed by atoms with Gasteiger partial charge in [0, 0.05) is 32.4 Å². The van der Waals surface area contributed by atoms with Crippen molar-refractivity contribution >= 4 is 11.7 Å². The number of amides is 1. The number of β-amino-alcohol motifs (C(OH)–C–C–N with tert-alkyl or cyclic N) is 1. The predicted molar refractivity (Wildman–Crippen MR) is 79.2 cm³/mol. The van der Waals surface area contributed by atoms with Crippen LogP contribution in [0.5, 0.6) is 0 Å². The normalized spacial score (nSPS) is 23.2. The first-order chi connectivity index (χ1) is 11.3. The summed E-state index contributed by atoms with van der Waals surface area (Å²) in [4.78, 5) is 22.1. The van der Waals surface area contributed by atoms with E-state index in [0.717, 1.165) is 19.0 Å². The van der Waals surface area contributed by atoms with Crippen molar-refractivity contribution in [2.45, 2.75) is 31.5 Å². The summed E-state index contributed by atoms with van der Waals surface area (Å²) in [6, 6.07) is 1.48. The van der Waals surface area contributed by atoms with Crippen molar-refractivity contribution in [2.75, 3.05) is 31.1 Å². The zero-order chi connectivity index (χ0) is 17.3.